The zero-order valence-corrected chi connectivity index (χ0v) is 8.93. The monoisotopic (exact) mass is 220 g/mol. The van der Waals surface area contributed by atoms with Crippen LogP contribution in [0.2, 0.25) is 0 Å². The highest BCUT2D eigenvalue weighted by Crippen LogP contribution is 2.01. The number of ether oxygens (including phenoxy) is 1. The first-order valence-electron chi connectivity index (χ1n) is 4.93. The fourth-order valence-corrected chi connectivity index (χ4v) is 1.06. The molecule has 0 bridgehead atoms. The molecule has 84 valence electrons. The number of hydrogen-bond donors (Lipinski definition) is 0. The van der Waals surface area contributed by atoms with Crippen molar-refractivity contribution in [3.05, 3.63) is 35.9 Å². The lowest BCUT2D eigenvalue weighted by molar-refractivity contribution is -0.157. The van der Waals surface area contributed by atoms with E-state index >= 15 is 0 Å². The van der Waals surface area contributed by atoms with E-state index < -0.39 is 17.5 Å². The van der Waals surface area contributed by atoms with Crippen molar-refractivity contribution >= 4 is 17.5 Å². The van der Waals surface area contributed by atoms with Crippen LogP contribution in [0.3, 0.4) is 0 Å². The smallest absolute Gasteiger partial charge is 0.383 e. The van der Waals surface area contributed by atoms with Gasteiger partial charge in [-0.2, -0.15) is 0 Å². The quantitative estimate of drug-likeness (QED) is 0.426. The molecule has 0 radical (unpaired) electrons. The summed E-state index contributed by atoms with van der Waals surface area (Å²) >= 11 is 0. The lowest BCUT2D eigenvalue weighted by atomic mass is 10.2. The zero-order valence-electron chi connectivity index (χ0n) is 8.93. The van der Waals surface area contributed by atoms with Gasteiger partial charge in [0.05, 0.1) is 0 Å². The van der Waals surface area contributed by atoms with Crippen molar-refractivity contribution in [3.8, 4) is 0 Å². The average Bonchev–Trinajstić information content (AvgIpc) is 2.35. The van der Waals surface area contributed by atoms with E-state index in [4.69, 9.17) is 4.74 Å². The van der Waals surface area contributed by atoms with E-state index in [-0.39, 0.29) is 13.0 Å². The average molecular weight is 220 g/mol. The Kier molecular flexibility index (Phi) is 4.39. The summed E-state index contributed by atoms with van der Waals surface area (Å²) in [6.07, 6.45) is 0.0132. The summed E-state index contributed by atoms with van der Waals surface area (Å²) < 4.78 is 4.70. The molecule has 0 aromatic heterocycles. The fraction of sp³-hybridized carbons (Fsp3) is 0.250. The van der Waals surface area contributed by atoms with Crippen LogP contribution in [0.5, 0.6) is 0 Å². The van der Waals surface area contributed by atoms with Crippen molar-refractivity contribution in [1.29, 1.82) is 0 Å². The summed E-state index contributed by atoms with van der Waals surface area (Å²) in [4.78, 5) is 33.1. The van der Waals surface area contributed by atoms with Crippen LogP contribution >= 0.6 is 0 Å². The molecule has 0 fully saturated rings. The number of Topliss-reactive ketones (excluding diaryl/α,β-unsaturated/α-hetero) is 2. The normalized spacial score (nSPS) is 9.56. The third-order valence-electron chi connectivity index (χ3n) is 1.97. The zero-order chi connectivity index (χ0) is 12.0. The van der Waals surface area contributed by atoms with Crippen molar-refractivity contribution < 1.29 is 19.1 Å². The van der Waals surface area contributed by atoms with Crippen molar-refractivity contribution in [2.45, 2.75) is 20.0 Å². The maximum Gasteiger partial charge on any atom is 0.383 e. The van der Waals surface area contributed by atoms with Gasteiger partial charge >= 0.3 is 11.8 Å². The van der Waals surface area contributed by atoms with Gasteiger partial charge in [-0.25, -0.2) is 4.79 Å². The Morgan fingerprint density at radius 2 is 1.75 bits per heavy atom. The van der Waals surface area contributed by atoms with Crippen LogP contribution in [-0.2, 0) is 25.7 Å². The second-order valence-corrected chi connectivity index (χ2v) is 3.17. The summed E-state index contributed by atoms with van der Waals surface area (Å²) in [5.41, 5.74) is 0.771. The fourth-order valence-electron chi connectivity index (χ4n) is 1.06. The van der Waals surface area contributed by atoms with Crippen LogP contribution in [0, 0.1) is 0 Å². The number of carbonyl (C=O) groups excluding carboxylic acids is 3. The van der Waals surface area contributed by atoms with E-state index in [1.165, 1.54) is 6.92 Å². The Labute approximate surface area is 93.2 Å². The molecule has 0 saturated heterocycles. The third-order valence-corrected chi connectivity index (χ3v) is 1.97. The highest BCUT2D eigenvalue weighted by Gasteiger charge is 2.22. The molecule has 16 heavy (non-hydrogen) atoms. The molecule has 0 atom stereocenters. The van der Waals surface area contributed by atoms with Gasteiger partial charge in [-0.15, -0.1) is 0 Å². The SMILES string of the molecule is CCC(=O)C(=O)C(=O)OCc1ccccc1. The number of ketones is 2. The minimum Gasteiger partial charge on any atom is -0.455 e. The summed E-state index contributed by atoms with van der Waals surface area (Å²) in [6, 6.07) is 8.94. The van der Waals surface area contributed by atoms with Gasteiger partial charge < -0.3 is 4.74 Å². The first-order chi connectivity index (χ1) is 7.65. The molecule has 1 aromatic rings. The lowest BCUT2D eigenvalue weighted by Crippen LogP contribution is -2.25. The first-order valence-corrected chi connectivity index (χ1v) is 4.93. The minimum absolute atomic E-state index is 0.00239. The van der Waals surface area contributed by atoms with Crippen molar-refractivity contribution in [1.82, 2.24) is 0 Å². The van der Waals surface area contributed by atoms with E-state index in [9.17, 15) is 14.4 Å². The van der Waals surface area contributed by atoms with Gasteiger partial charge in [0.15, 0.2) is 0 Å². The second kappa shape index (κ2) is 5.80. The van der Waals surface area contributed by atoms with Crippen molar-refractivity contribution in [3.63, 3.8) is 0 Å². The van der Waals surface area contributed by atoms with E-state index in [1.807, 2.05) is 6.07 Å². The molecule has 0 heterocycles. The summed E-state index contributed by atoms with van der Waals surface area (Å²) in [7, 11) is 0. The van der Waals surface area contributed by atoms with Gasteiger partial charge in [0.25, 0.3) is 0 Å². The number of carbonyl (C=O) groups is 3. The summed E-state index contributed by atoms with van der Waals surface area (Å²) in [6.45, 7) is 1.52. The van der Waals surface area contributed by atoms with E-state index in [2.05, 4.69) is 0 Å². The molecule has 0 saturated carbocycles. The molecule has 4 heteroatoms. The van der Waals surface area contributed by atoms with Crippen molar-refractivity contribution in [2.24, 2.45) is 0 Å². The molecule has 1 aromatic carbocycles. The van der Waals surface area contributed by atoms with Crippen LogP contribution in [-0.4, -0.2) is 17.5 Å². The lowest BCUT2D eigenvalue weighted by Gasteiger charge is -2.02. The second-order valence-electron chi connectivity index (χ2n) is 3.17. The highest BCUT2D eigenvalue weighted by atomic mass is 16.5. The summed E-state index contributed by atoms with van der Waals surface area (Å²) in [5.74, 6) is -2.90. The molecule has 0 amide bonds. The van der Waals surface area contributed by atoms with Gasteiger partial charge in [0.1, 0.15) is 6.61 Å². The Morgan fingerprint density at radius 1 is 1.12 bits per heavy atom. The Balaban J connectivity index is 2.48. The van der Waals surface area contributed by atoms with E-state index in [1.54, 1.807) is 24.3 Å². The maximum absolute atomic E-state index is 11.1. The van der Waals surface area contributed by atoms with Crippen LogP contribution in [0.15, 0.2) is 30.3 Å². The molecule has 0 aliphatic rings. The molecular formula is C12H12O4. The molecule has 0 N–H and O–H groups in total. The Hall–Kier alpha value is -1.97. The van der Waals surface area contributed by atoms with Gasteiger partial charge in [-0.3, -0.25) is 9.59 Å². The van der Waals surface area contributed by atoms with E-state index in [0.717, 1.165) is 5.56 Å². The van der Waals surface area contributed by atoms with Gasteiger partial charge in [-0.05, 0) is 5.56 Å². The molecular weight excluding hydrogens is 208 g/mol. The van der Waals surface area contributed by atoms with Gasteiger partial charge in [0, 0.05) is 6.42 Å². The Morgan fingerprint density at radius 3 is 2.31 bits per heavy atom. The molecule has 0 unspecified atom stereocenters. The standard InChI is InChI=1S/C12H12O4/c1-2-10(13)11(14)12(15)16-8-9-6-4-3-5-7-9/h3-7H,2,8H2,1H3. The maximum atomic E-state index is 11.1. The van der Waals surface area contributed by atoms with Crippen LogP contribution in [0.4, 0.5) is 0 Å². The van der Waals surface area contributed by atoms with Gasteiger partial charge in [-0.1, -0.05) is 37.3 Å². The number of esters is 1. The van der Waals surface area contributed by atoms with Crippen LogP contribution < -0.4 is 0 Å². The van der Waals surface area contributed by atoms with Crippen LogP contribution in [0.1, 0.15) is 18.9 Å². The molecule has 0 aliphatic heterocycles. The van der Waals surface area contributed by atoms with Gasteiger partial charge in [0.2, 0.25) is 5.78 Å². The molecule has 0 spiro atoms. The van der Waals surface area contributed by atoms with E-state index in [0.29, 0.717) is 0 Å². The third kappa shape index (κ3) is 3.31. The molecule has 1 rings (SSSR count). The van der Waals surface area contributed by atoms with Crippen LogP contribution in [0.25, 0.3) is 0 Å². The minimum atomic E-state index is -1.09. The molecule has 0 aliphatic carbocycles. The molecule has 4 nitrogen and oxygen atoms in total. The summed E-state index contributed by atoms with van der Waals surface area (Å²) in [5, 5.41) is 0. The predicted octanol–water partition coefficient (Wildman–Crippen LogP) is 1.28. The number of hydrogen-bond acceptors (Lipinski definition) is 4. The first kappa shape index (κ1) is 12.1. The number of benzene rings is 1. The van der Waals surface area contributed by atoms with Crippen molar-refractivity contribution in [2.75, 3.05) is 0 Å². The largest absolute Gasteiger partial charge is 0.455 e. The predicted molar refractivity (Wildman–Crippen MR) is 56.5 cm³/mol. The Bertz CT molecular complexity index is 395. The highest BCUT2D eigenvalue weighted by molar-refractivity contribution is 6.62. The number of rotatable bonds is 5. The topological polar surface area (TPSA) is 60.4 Å².